The van der Waals surface area contributed by atoms with Crippen molar-refractivity contribution in [3.8, 4) is 33.6 Å². The molecule has 6 aromatic rings. The summed E-state index contributed by atoms with van der Waals surface area (Å²) in [6, 6.07) is 16.7. The van der Waals surface area contributed by atoms with E-state index in [1.165, 1.54) is 6.07 Å². The zero-order chi connectivity index (χ0) is 20.1. The van der Waals surface area contributed by atoms with Crippen LogP contribution in [-0.4, -0.2) is 30.4 Å². The monoisotopic (exact) mass is 394 g/mol. The fraction of sp³-hybridized carbons (Fsp3) is 0. The molecule has 3 N–H and O–H groups in total. The van der Waals surface area contributed by atoms with Gasteiger partial charge in [-0.25, -0.2) is 9.37 Å². The van der Waals surface area contributed by atoms with Gasteiger partial charge in [0.05, 0.1) is 11.9 Å². The lowest BCUT2D eigenvalue weighted by Gasteiger charge is -2.03. The fourth-order valence-corrected chi connectivity index (χ4v) is 3.87. The molecule has 0 aliphatic heterocycles. The van der Waals surface area contributed by atoms with Crippen LogP contribution in [0.4, 0.5) is 4.39 Å². The van der Waals surface area contributed by atoms with Crippen molar-refractivity contribution in [2.45, 2.75) is 0 Å². The molecule has 0 aliphatic rings. The van der Waals surface area contributed by atoms with Gasteiger partial charge in [-0.05, 0) is 41.5 Å². The van der Waals surface area contributed by atoms with Gasteiger partial charge in [0.1, 0.15) is 11.5 Å². The normalized spacial score (nSPS) is 11.5. The lowest BCUT2D eigenvalue weighted by atomic mass is 10.0. The first-order chi connectivity index (χ1) is 14.8. The van der Waals surface area contributed by atoms with E-state index in [-0.39, 0.29) is 5.82 Å². The minimum Gasteiger partial charge on any atom is -0.353 e. The van der Waals surface area contributed by atoms with Crippen molar-refractivity contribution in [2.24, 2.45) is 0 Å². The maximum Gasteiger partial charge on any atom is 0.155 e. The molecule has 0 spiro atoms. The summed E-state index contributed by atoms with van der Waals surface area (Å²) >= 11 is 0. The molecule has 0 unspecified atom stereocenters. The third-order valence-electron chi connectivity index (χ3n) is 5.30. The van der Waals surface area contributed by atoms with E-state index in [0.29, 0.717) is 5.65 Å². The van der Waals surface area contributed by atoms with Crippen LogP contribution in [0.2, 0.25) is 0 Å². The van der Waals surface area contributed by atoms with Crippen LogP contribution in [0.1, 0.15) is 0 Å². The molecule has 144 valence electrons. The van der Waals surface area contributed by atoms with Crippen molar-refractivity contribution in [1.29, 1.82) is 0 Å². The topological polar surface area (TPSA) is 86.0 Å². The van der Waals surface area contributed by atoms with Gasteiger partial charge in [0.15, 0.2) is 5.65 Å². The summed E-state index contributed by atoms with van der Waals surface area (Å²) in [4.78, 5) is 7.94. The zero-order valence-corrected chi connectivity index (χ0v) is 15.6. The van der Waals surface area contributed by atoms with E-state index >= 15 is 0 Å². The fourth-order valence-electron chi connectivity index (χ4n) is 3.87. The number of fused-ring (bicyclic) bond motifs is 2. The molecule has 0 radical (unpaired) electrons. The van der Waals surface area contributed by atoms with E-state index < -0.39 is 0 Å². The number of H-pyrrole nitrogens is 3. The van der Waals surface area contributed by atoms with Gasteiger partial charge in [-0.1, -0.05) is 24.3 Å². The first kappa shape index (κ1) is 16.7. The third kappa shape index (κ3) is 2.60. The lowest BCUT2D eigenvalue weighted by molar-refractivity contribution is 0.628. The van der Waals surface area contributed by atoms with E-state index in [0.717, 1.165) is 49.9 Å². The van der Waals surface area contributed by atoms with Crippen molar-refractivity contribution >= 4 is 21.9 Å². The van der Waals surface area contributed by atoms with Crippen LogP contribution in [0.5, 0.6) is 0 Å². The minimum atomic E-state index is -0.253. The zero-order valence-electron chi connectivity index (χ0n) is 15.6. The first-order valence-electron chi connectivity index (χ1n) is 9.47. The molecule has 0 saturated carbocycles. The number of aromatic nitrogens is 6. The van der Waals surface area contributed by atoms with Gasteiger partial charge in [0.2, 0.25) is 0 Å². The van der Waals surface area contributed by atoms with Crippen LogP contribution in [0, 0.1) is 5.82 Å². The van der Waals surface area contributed by atoms with Crippen molar-refractivity contribution in [3.05, 3.63) is 79.0 Å². The van der Waals surface area contributed by atoms with E-state index in [4.69, 9.17) is 0 Å². The number of aromatic amines is 3. The van der Waals surface area contributed by atoms with Crippen LogP contribution < -0.4 is 0 Å². The highest BCUT2D eigenvalue weighted by Gasteiger charge is 2.15. The van der Waals surface area contributed by atoms with Gasteiger partial charge in [-0.15, -0.1) is 0 Å². The quantitative estimate of drug-likeness (QED) is 0.381. The van der Waals surface area contributed by atoms with Gasteiger partial charge in [0.25, 0.3) is 0 Å². The van der Waals surface area contributed by atoms with E-state index in [9.17, 15) is 4.39 Å². The summed E-state index contributed by atoms with van der Waals surface area (Å²) in [5.74, 6) is -0.253. The molecule has 6 nitrogen and oxygen atoms in total. The van der Waals surface area contributed by atoms with Gasteiger partial charge in [0, 0.05) is 39.8 Å². The number of hydrogen-bond donors (Lipinski definition) is 3. The first-order valence-corrected chi connectivity index (χ1v) is 9.47. The maximum atomic E-state index is 13.8. The molecule has 0 saturated heterocycles. The molecule has 4 aromatic heterocycles. The van der Waals surface area contributed by atoms with Crippen LogP contribution >= 0.6 is 0 Å². The number of halogens is 1. The van der Waals surface area contributed by atoms with Gasteiger partial charge in [-0.3, -0.25) is 10.2 Å². The summed E-state index contributed by atoms with van der Waals surface area (Å²) in [6.45, 7) is 0. The average molecular weight is 394 g/mol. The Morgan fingerprint density at radius 2 is 1.77 bits per heavy atom. The number of benzene rings is 2. The molecular formula is C23H15FN6. The van der Waals surface area contributed by atoms with Gasteiger partial charge < -0.3 is 4.98 Å². The minimum absolute atomic E-state index is 0.253. The number of nitrogens with zero attached hydrogens (tertiary/aromatic N) is 3. The molecule has 7 heteroatoms. The Hall–Kier alpha value is -4.26. The highest BCUT2D eigenvalue weighted by atomic mass is 19.1. The Morgan fingerprint density at radius 3 is 2.63 bits per heavy atom. The Morgan fingerprint density at radius 1 is 0.833 bits per heavy atom. The molecule has 30 heavy (non-hydrogen) atoms. The van der Waals surface area contributed by atoms with E-state index in [1.807, 2.05) is 36.5 Å². The Bertz CT molecular complexity index is 1510. The SMILES string of the molecule is Fc1cccc(-c2cccc3[nH]c(-c4n[nH]c5ncc(-c6cn[nH]c6)cc45)cc23)c1. The van der Waals surface area contributed by atoms with Crippen LogP contribution in [0.3, 0.4) is 0 Å². The van der Waals surface area contributed by atoms with Crippen molar-refractivity contribution < 1.29 is 4.39 Å². The second kappa shape index (κ2) is 6.38. The Labute approximate surface area is 169 Å². The van der Waals surface area contributed by atoms with Crippen molar-refractivity contribution in [2.75, 3.05) is 0 Å². The van der Waals surface area contributed by atoms with Gasteiger partial charge in [-0.2, -0.15) is 10.2 Å². The maximum absolute atomic E-state index is 13.8. The lowest BCUT2D eigenvalue weighted by Crippen LogP contribution is -1.81. The number of rotatable bonds is 3. The second-order valence-electron chi connectivity index (χ2n) is 7.14. The highest BCUT2D eigenvalue weighted by molar-refractivity contribution is 6.01. The highest BCUT2D eigenvalue weighted by Crippen LogP contribution is 2.34. The van der Waals surface area contributed by atoms with E-state index in [2.05, 4.69) is 36.4 Å². The third-order valence-corrected chi connectivity index (χ3v) is 5.30. The van der Waals surface area contributed by atoms with Gasteiger partial charge >= 0.3 is 0 Å². The summed E-state index contributed by atoms with van der Waals surface area (Å²) in [7, 11) is 0. The number of nitrogens with one attached hydrogen (secondary N) is 3. The predicted molar refractivity (Wildman–Crippen MR) is 114 cm³/mol. The molecule has 4 heterocycles. The standard InChI is InChI=1S/C23H15FN6/c24-16-4-1-3-13(7-16)17-5-2-6-20-18(17)9-21(28-20)22-19-8-14(15-11-26-27-12-15)10-25-23(19)30-29-22/h1-12,28H,(H,26,27)(H,25,29,30). The summed E-state index contributed by atoms with van der Waals surface area (Å²) < 4.78 is 13.8. The summed E-state index contributed by atoms with van der Waals surface area (Å²) in [5.41, 5.74) is 7.03. The largest absolute Gasteiger partial charge is 0.353 e. The molecule has 0 amide bonds. The Kier molecular flexibility index (Phi) is 3.55. The van der Waals surface area contributed by atoms with Crippen LogP contribution in [0.25, 0.3) is 55.6 Å². The second-order valence-corrected chi connectivity index (χ2v) is 7.14. The van der Waals surface area contributed by atoms with Crippen molar-refractivity contribution in [3.63, 3.8) is 0 Å². The smallest absolute Gasteiger partial charge is 0.155 e. The molecular weight excluding hydrogens is 379 g/mol. The number of pyridine rings is 1. The predicted octanol–water partition coefficient (Wildman–Crippen LogP) is 5.30. The van der Waals surface area contributed by atoms with Crippen LogP contribution in [0.15, 0.2) is 73.2 Å². The molecule has 6 rings (SSSR count). The molecule has 0 bridgehead atoms. The molecule has 0 atom stereocenters. The Balaban J connectivity index is 1.53. The molecule has 0 aliphatic carbocycles. The average Bonchev–Trinajstić information content (AvgIpc) is 3.51. The summed E-state index contributed by atoms with van der Waals surface area (Å²) in [5, 5.41) is 16.3. The molecule has 0 fully saturated rings. The van der Waals surface area contributed by atoms with E-state index in [1.54, 1.807) is 24.5 Å². The van der Waals surface area contributed by atoms with Crippen molar-refractivity contribution in [1.82, 2.24) is 30.4 Å². The van der Waals surface area contributed by atoms with Crippen LogP contribution in [-0.2, 0) is 0 Å². The summed E-state index contributed by atoms with van der Waals surface area (Å²) in [6.07, 6.45) is 5.38. The molecule has 2 aromatic carbocycles. The number of hydrogen-bond acceptors (Lipinski definition) is 3.